The smallest absolute Gasteiger partial charge is 0.303 e. The maximum atomic E-state index is 14.4. The molecule has 0 aliphatic carbocycles. The lowest BCUT2D eigenvalue weighted by molar-refractivity contribution is -0.139. The molecule has 0 aromatic carbocycles. The molecule has 0 saturated heterocycles. The Morgan fingerprint density at radius 1 is 0.337 bits per heavy atom. The summed E-state index contributed by atoms with van der Waals surface area (Å²) in [6, 6.07) is -8.70. The summed E-state index contributed by atoms with van der Waals surface area (Å²) in [5.41, 5.74) is -2.16. The molecule has 0 radical (unpaired) electrons. The maximum absolute atomic E-state index is 14.4. The highest BCUT2D eigenvalue weighted by atomic mass is 16.4. The zero-order valence-electron chi connectivity index (χ0n) is 48.8. The van der Waals surface area contributed by atoms with Crippen LogP contribution in [0, 0.1) is 5.41 Å². The van der Waals surface area contributed by atoms with Crippen LogP contribution in [0.4, 0.5) is 0 Å². The van der Waals surface area contributed by atoms with E-state index in [1.807, 2.05) is 0 Å². The molecule has 0 spiro atoms. The van der Waals surface area contributed by atoms with Crippen LogP contribution in [-0.4, -0.2) is 294 Å². The molecular weight excluding hydrogens is 1160 g/mol. The molecule has 17 atom stereocenters. The summed E-state index contributed by atoms with van der Waals surface area (Å²) in [4.78, 5) is 133. The van der Waals surface area contributed by atoms with Crippen molar-refractivity contribution in [3.05, 3.63) is 0 Å². The van der Waals surface area contributed by atoms with Gasteiger partial charge in [0.25, 0.3) is 0 Å². The van der Waals surface area contributed by atoms with E-state index < -0.39 is 271 Å². The number of aliphatic hydroxyl groups is 15. The van der Waals surface area contributed by atoms with Gasteiger partial charge in [-0.2, -0.15) is 0 Å². The second-order valence-electron chi connectivity index (χ2n) is 22.6. The van der Waals surface area contributed by atoms with Crippen LogP contribution >= 0.6 is 0 Å². The summed E-state index contributed by atoms with van der Waals surface area (Å²) >= 11 is 0. The fourth-order valence-corrected chi connectivity index (χ4v) is 7.81. The van der Waals surface area contributed by atoms with Crippen molar-refractivity contribution in [2.45, 2.75) is 215 Å². The Hall–Kier alpha value is -5.74. The maximum Gasteiger partial charge on any atom is 0.303 e. The highest BCUT2D eigenvalue weighted by molar-refractivity contribution is 5.97. The molecule has 0 unspecified atom stereocenters. The van der Waals surface area contributed by atoms with Gasteiger partial charge >= 0.3 is 11.9 Å². The normalized spacial score (nSPS) is 17.9. The third kappa shape index (κ3) is 30.7. The average Bonchev–Trinajstić information content (AvgIpc) is 3.03. The Morgan fingerprint density at radius 2 is 0.570 bits per heavy atom. The first-order chi connectivity index (χ1) is 39.7. The van der Waals surface area contributed by atoms with Gasteiger partial charge in [-0.25, -0.2) is 0 Å². The number of Topliss-reactive ketones (excluding diaryl/α,β-unsaturated/α-hetero) is 1. The van der Waals surface area contributed by atoms with Gasteiger partial charge in [0.1, 0.15) is 73.1 Å². The van der Waals surface area contributed by atoms with E-state index in [0.29, 0.717) is 0 Å². The van der Waals surface area contributed by atoms with Crippen LogP contribution in [-0.2, 0) is 47.9 Å². The number of carbonyl (C=O) groups is 10. The van der Waals surface area contributed by atoms with Crippen molar-refractivity contribution < 1.29 is 135 Å². The molecule has 0 rings (SSSR count). The molecule has 0 heterocycles. The predicted molar refractivity (Wildman–Crippen MR) is 293 cm³/mol. The summed E-state index contributed by atoms with van der Waals surface area (Å²) in [7, 11) is 0. The Morgan fingerprint density at radius 3 is 0.826 bits per heavy atom. The van der Waals surface area contributed by atoms with Gasteiger partial charge in [-0.1, -0.05) is 20.8 Å². The van der Waals surface area contributed by atoms with Crippen molar-refractivity contribution in [2.75, 3.05) is 39.5 Å². The third-order valence-corrected chi connectivity index (χ3v) is 13.0. The summed E-state index contributed by atoms with van der Waals surface area (Å²) in [5.74, 6) is -11.3. The molecule has 0 saturated carbocycles. The molecule has 35 heteroatoms. The van der Waals surface area contributed by atoms with Gasteiger partial charge in [-0.15, -0.1) is 0 Å². The largest absolute Gasteiger partial charge is 0.481 e. The molecule has 0 aliphatic heterocycles. The Balaban J connectivity index is 7.10. The fraction of sp³-hybridized carbons (Fsp3) is 0.804. The number of carboxylic acid groups (broad SMARTS) is 2. The molecule has 0 aliphatic rings. The molecule has 0 aromatic heterocycles. The van der Waals surface area contributed by atoms with Gasteiger partial charge in [0.2, 0.25) is 41.4 Å². The van der Waals surface area contributed by atoms with Crippen molar-refractivity contribution in [3.63, 3.8) is 0 Å². The van der Waals surface area contributed by atoms with Gasteiger partial charge in [-0.05, 0) is 52.9 Å². The second kappa shape index (κ2) is 39.2. The number of carboxylic acids is 2. The van der Waals surface area contributed by atoms with E-state index in [9.17, 15) is 119 Å². The molecule has 0 fully saturated rings. The van der Waals surface area contributed by atoms with Crippen LogP contribution in [0.15, 0.2) is 0 Å². The number of hydrogen-bond donors (Lipinski definition) is 25. The summed E-state index contributed by atoms with van der Waals surface area (Å²) in [5, 5.41) is 185. The van der Waals surface area contributed by atoms with Gasteiger partial charge in [0.05, 0.1) is 50.2 Å². The first-order valence-electron chi connectivity index (χ1n) is 27.5. The minimum absolute atomic E-state index is 0.366. The van der Waals surface area contributed by atoms with E-state index in [0.717, 1.165) is 0 Å². The van der Waals surface area contributed by atoms with Crippen LogP contribution in [0.2, 0.25) is 0 Å². The van der Waals surface area contributed by atoms with Crippen molar-refractivity contribution >= 4 is 59.1 Å². The fourth-order valence-electron chi connectivity index (χ4n) is 7.81. The molecule has 0 bridgehead atoms. The van der Waals surface area contributed by atoms with E-state index in [2.05, 4.69) is 42.5 Å². The number of amides is 7. The van der Waals surface area contributed by atoms with Crippen LogP contribution < -0.4 is 42.5 Å². The number of carbonyl (C=O) groups excluding carboxylic acids is 8. The minimum atomic E-state index is -2.13. The van der Waals surface area contributed by atoms with Crippen LogP contribution in [0.5, 0.6) is 0 Å². The van der Waals surface area contributed by atoms with Crippen molar-refractivity contribution in [1.82, 2.24) is 42.5 Å². The highest BCUT2D eigenvalue weighted by Crippen LogP contribution is 2.20. The summed E-state index contributed by atoms with van der Waals surface area (Å²) in [6.07, 6.45) is -30.2. The monoisotopic (exact) mass is 1250 g/mol. The summed E-state index contributed by atoms with van der Waals surface area (Å²) in [6.45, 7) is 3.96. The van der Waals surface area contributed by atoms with Crippen molar-refractivity contribution in [1.29, 1.82) is 0 Å². The molecule has 35 nitrogen and oxygen atoms in total. The van der Waals surface area contributed by atoms with Gasteiger partial charge in [-0.3, -0.25) is 47.9 Å². The van der Waals surface area contributed by atoms with Gasteiger partial charge in [0.15, 0.2) is 5.78 Å². The average molecular weight is 1250 g/mol. The quantitative estimate of drug-likeness (QED) is 0.0270. The van der Waals surface area contributed by atoms with E-state index in [1.54, 1.807) is 20.8 Å². The second-order valence-corrected chi connectivity index (χ2v) is 22.6. The standard InChI is InChI=1S/C51H92N8O27/c1-50(2,3)45(82)23(7-12-34(69)52-17-28(63)39(76)42(79)31(66)20-60)55-46(83)25(10-15-37(72)73)57-47(84)24(8-13-35(70)53-18-29(64)40(77)43(80)32(67)21-61)56-48(85)26(11-16-38(74)75)58-49(86)27(59-51(4,5)6)9-14-36(71)54-19-30(65)41(78)44(81)33(68)22-62/h23-33,39-44,59-68,76-81H,7-22H2,1-6H3,(H,52,69)(H,53,70)(H,54,71)(H,55,83)(H,56,85)(H,57,84)(H,58,86)(H,72,73)(H,74,75)/t23-,24-,25-,26-,27-,28-,29-,30-,31+,32+,33+,39+,40+,41+,42+,43+,44+/m0/s1. The first kappa shape index (κ1) is 80.3. The lowest BCUT2D eigenvalue weighted by Gasteiger charge is -2.30. The Bertz CT molecular complexity index is 2170. The number of aliphatic hydroxyl groups excluding tert-OH is 15. The summed E-state index contributed by atoms with van der Waals surface area (Å²) < 4.78 is 0. The van der Waals surface area contributed by atoms with Crippen LogP contribution in [0.3, 0.4) is 0 Å². The third-order valence-electron chi connectivity index (χ3n) is 13.0. The van der Waals surface area contributed by atoms with E-state index in [1.165, 1.54) is 20.8 Å². The highest BCUT2D eigenvalue weighted by Gasteiger charge is 2.38. The van der Waals surface area contributed by atoms with Crippen LogP contribution in [0.1, 0.15) is 106 Å². The van der Waals surface area contributed by atoms with Crippen molar-refractivity contribution in [3.8, 4) is 0 Å². The first-order valence-corrected chi connectivity index (χ1v) is 27.5. The number of nitrogens with one attached hydrogen (secondary N) is 8. The predicted octanol–water partition coefficient (Wildman–Crippen LogP) is -11.0. The number of ketones is 1. The SMILES string of the molecule is CC(C)(C)N[C@@H](CCC(=O)NC[C@H](O)[C@@H](O)[C@H](O)[C@H](O)CO)C(=O)N[C@@H](CCC(=O)O)C(=O)N[C@@H](CCC(=O)NC[C@H](O)[C@@H](O)[C@H](O)[C@H](O)CO)C(=O)N[C@@H](CCC(=O)O)C(=O)N[C@@H](CCC(=O)NC[C@H](O)[C@@H](O)[C@H](O)[C@H](O)CO)C(=O)C(C)(C)C. The van der Waals surface area contributed by atoms with Gasteiger partial charge in [0, 0.05) is 62.7 Å². The number of hydrogen-bond acceptors (Lipinski definition) is 26. The lowest BCUT2D eigenvalue weighted by atomic mass is 9.84. The minimum Gasteiger partial charge on any atom is -0.481 e. The van der Waals surface area contributed by atoms with Crippen LogP contribution in [0.25, 0.3) is 0 Å². The van der Waals surface area contributed by atoms with Crippen molar-refractivity contribution in [2.24, 2.45) is 5.41 Å². The molecule has 7 amide bonds. The van der Waals surface area contributed by atoms with E-state index in [-0.39, 0.29) is 6.42 Å². The molecule has 86 heavy (non-hydrogen) atoms. The van der Waals surface area contributed by atoms with E-state index >= 15 is 0 Å². The molecular formula is C51H92N8O27. The molecule has 498 valence electrons. The Labute approximate surface area is 495 Å². The topological polar surface area (TPSA) is 611 Å². The molecule has 25 N–H and O–H groups in total. The van der Waals surface area contributed by atoms with Gasteiger partial charge < -0.3 is 129 Å². The Kier molecular flexibility index (Phi) is 36.6. The zero-order valence-corrected chi connectivity index (χ0v) is 48.8. The van der Waals surface area contributed by atoms with E-state index in [4.69, 9.17) is 15.3 Å². The molecule has 0 aromatic rings. The number of aliphatic carboxylic acids is 2. The number of rotatable bonds is 43. The lowest BCUT2D eigenvalue weighted by Crippen LogP contribution is -2.59. The zero-order chi connectivity index (χ0) is 66.6.